The Morgan fingerprint density at radius 2 is 1.31 bits per heavy atom. The van der Waals surface area contributed by atoms with Crippen LogP contribution in [0.5, 0.6) is 0 Å². The Bertz CT molecular complexity index is 397. The van der Waals surface area contributed by atoms with Gasteiger partial charge >= 0.3 is 6.09 Å². The summed E-state index contributed by atoms with van der Waals surface area (Å²) in [6, 6.07) is -0.947. The molecule has 0 aliphatic rings. The number of rotatable bonds is 17. The van der Waals surface area contributed by atoms with Crippen molar-refractivity contribution in [2.24, 2.45) is 0 Å². The molecular formula is C23H47NO5. The number of hydrogen-bond donors (Lipinski definition) is 4. The molecule has 0 heterocycles. The molecule has 6 heteroatoms. The molecule has 1 amide bonds. The van der Waals surface area contributed by atoms with Gasteiger partial charge in [-0.15, -0.1) is 0 Å². The van der Waals surface area contributed by atoms with Crippen LogP contribution >= 0.6 is 0 Å². The first-order valence-electron chi connectivity index (χ1n) is 11.7. The lowest BCUT2D eigenvalue weighted by Gasteiger charge is -2.28. The Labute approximate surface area is 178 Å². The largest absolute Gasteiger partial charge is 0.444 e. The van der Waals surface area contributed by atoms with Crippen molar-refractivity contribution in [1.82, 2.24) is 5.32 Å². The molecule has 29 heavy (non-hydrogen) atoms. The number of alkyl carbamates (subject to hydrolysis) is 1. The SMILES string of the molecule is CCCCCCCCCCCCCC[C@@H](O)[C@@H](O)[13C@H](CO)NC(=O)OC(C)(C)C. The zero-order valence-corrected chi connectivity index (χ0v) is 19.3. The molecule has 3 atom stereocenters. The lowest BCUT2D eigenvalue weighted by molar-refractivity contribution is -0.0248. The predicted octanol–water partition coefficient (Wildman–Crippen LogP) is 4.69. The van der Waals surface area contributed by atoms with Gasteiger partial charge in [0, 0.05) is 0 Å². The molecule has 0 unspecified atom stereocenters. The number of carbonyl (C=O) groups excluding carboxylic acids is 1. The van der Waals surface area contributed by atoms with Crippen LogP contribution in [0.3, 0.4) is 0 Å². The van der Waals surface area contributed by atoms with Gasteiger partial charge in [-0.1, -0.05) is 84.0 Å². The standard InChI is InChI=1S/C23H47NO5/c1-5-6-7-8-9-10-11-12-13-14-15-16-17-20(26)21(27)19(18-25)24-22(28)29-23(2,3)4/h19-21,25-27H,5-18H2,1-4H3,(H,24,28)/t19-,20+,21-/m0/s1/i19+1. The van der Waals surface area contributed by atoms with Crippen LogP contribution in [0.1, 0.15) is 111 Å². The Kier molecular flexibility index (Phi) is 16.4. The van der Waals surface area contributed by atoms with E-state index in [1.807, 2.05) is 0 Å². The molecule has 0 saturated heterocycles. The third-order valence-electron chi connectivity index (χ3n) is 5.06. The van der Waals surface area contributed by atoms with Gasteiger partial charge in [-0.25, -0.2) is 4.79 Å². The molecule has 6 nitrogen and oxygen atoms in total. The second-order valence-electron chi connectivity index (χ2n) is 9.17. The van der Waals surface area contributed by atoms with Crippen molar-refractivity contribution in [3.63, 3.8) is 0 Å². The van der Waals surface area contributed by atoms with Gasteiger partial charge in [0.2, 0.25) is 0 Å². The molecule has 0 bridgehead atoms. The van der Waals surface area contributed by atoms with Gasteiger partial charge in [-0.05, 0) is 27.2 Å². The number of hydrogen-bond acceptors (Lipinski definition) is 5. The second kappa shape index (κ2) is 16.9. The Morgan fingerprint density at radius 3 is 1.72 bits per heavy atom. The number of aliphatic hydroxyl groups excluding tert-OH is 3. The van der Waals surface area contributed by atoms with Crippen molar-refractivity contribution in [3.8, 4) is 0 Å². The van der Waals surface area contributed by atoms with Crippen molar-refractivity contribution < 1.29 is 24.9 Å². The molecule has 4 N–H and O–H groups in total. The van der Waals surface area contributed by atoms with Crippen molar-refractivity contribution in [3.05, 3.63) is 0 Å². The first kappa shape index (κ1) is 28.1. The normalized spacial score (nSPS) is 15.0. The zero-order valence-electron chi connectivity index (χ0n) is 19.3. The predicted molar refractivity (Wildman–Crippen MR) is 118 cm³/mol. The third-order valence-corrected chi connectivity index (χ3v) is 5.06. The van der Waals surface area contributed by atoms with Crippen LogP contribution in [0.4, 0.5) is 4.79 Å². The summed E-state index contributed by atoms with van der Waals surface area (Å²) in [6.45, 7) is 6.99. The minimum absolute atomic E-state index is 0.449. The fraction of sp³-hybridized carbons (Fsp3) is 0.957. The van der Waals surface area contributed by atoms with Crippen LogP contribution in [0.2, 0.25) is 0 Å². The van der Waals surface area contributed by atoms with Crippen molar-refractivity contribution >= 4 is 6.09 Å². The maximum atomic E-state index is 11.8. The van der Waals surface area contributed by atoms with E-state index in [-0.39, 0.29) is 0 Å². The van der Waals surface area contributed by atoms with Gasteiger partial charge in [0.05, 0.1) is 18.8 Å². The van der Waals surface area contributed by atoms with Crippen molar-refractivity contribution in [2.45, 2.75) is 135 Å². The van der Waals surface area contributed by atoms with Gasteiger partial charge in [0.15, 0.2) is 0 Å². The van der Waals surface area contributed by atoms with E-state index in [0.717, 1.165) is 19.3 Å². The quantitative estimate of drug-likeness (QED) is 0.203. The lowest BCUT2D eigenvalue weighted by Crippen LogP contribution is -2.51. The molecule has 0 rings (SSSR count). The maximum absolute atomic E-state index is 11.8. The highest BCUT2D eigenvalue weighted by Gasteiger charge is 2.28. The number of amides is 1. The maximum Gasteiger partial charge on any atom is 0.408 e. The fourth-order valence-corrected chi connectivity index (χ4v) is 3.33. The molecular weight excluding hydrogens is 371 g/mol. The summed E-state index contributed by atoms with van der Waals surface area (Å²) in [5.41, 5.74) is -0.664. The minimum atomic E-state index is -1.22. The Hall–Kier alpha value is -0.850. The molecule has 0 saturated carbocycles. The Balaban J connectivity index is 3.81. The van der Waals surface area contributed by atoms with Crippen LogP contribution in [0, 0.1) is 0 Å². The van der Waals surface area contributed by atoms with Gasteiger partial charge in [0.1, 0.15) is 11.7 Å². The van der Waals surface area contributed by atoms with E-state index in [9.17, 15) is 20.1 Å². The average molecular weight is 419 g/mol. The summed E-state index contributed by atoms with van der Waals surface area (Å²) in [4.78, 5) is 11.8. The number of ether oxygens (including phenoxy) is 1. The zero-order chi connectivity index (χ0) is 22.1. The van der Waals surface area contributed by atoms with Crippen molar-refractivity contribution in [1.29, 1.82) is 0 Å². The first-order chi connectivity index (χ1) is 13.7. The molecule has 174 valence electrons. The minimum Gasteiger partial charge on any atom is -0.444 e. The van der Waals surface area contributed by atoms with E-state index in [2.05, 4.69) is 12.2 Å². The summed E-state index contributed by atoms with van der Waals surface area (Å²) in [7, 11) is 0. The fourth-order valence-electron chi connectivity index (χ4n) is 3.33. The summed E-state index contributed by atoms with van der Waals surface area (Å²) < 4.78 is 5.12. The van der Waals surface area contributed by atoms with E-state index in [1.165, 1.54) is 57.8 Å². The highest BCUT2D eigenvalue weighted by Crippen LogP contribution is 2.15. The van der Waals surface area contributed by atoms with E-state index < -0.39 is 36.6 Å². The first-order valence-corrected chi connectivity index (χ1v) is 11.7. The second-order valence-corrected chi connectivity index (χ2v) is 9.17. The third kappa shape index (κ3) is 16.6. The molecule has 0 aromatic heterocycles. The van der Waals surface area contributed by atoms with E-state index in [0.29, 0.717) is 6.42 Å². The van der Waals surface area contributed by atoms with Gasteiger partial charge in [-0.2, -0.15) is 0 Å². The molecule has 0 aromatic rings. The number of carbonyl (C=O) groups is 1. The molecule has 0 spiro atoms. The Morgan fingerprint density at radius 1 is 0.862 bits per heavy atom. The molecule has 0 aliphatic heterocycles. The monoisotopic (exact) mass is 418 g/mol. The van der Waals surface area contributed by atoms with E-state index >= 15 is 0 Å². The van der Waals surface area contributed by atoms with Gasteiger partial charge < -0.3 is 25.4 Å². The summed E-state index contributed by atoms with van der Waals surface area (Å²) >= 11 is 0. The van der Waals surface area contributed by atoms with Crippen LogP contribution in [0.25, 0.3) is 0 Å². The highest BCUT2D eigenvalue weighted by molar-refractivity contribution is 5.68. The lowest BCUT2D eigenvalue weighted by atomic mass is 10.0. The summed E-state index contributed by atoms with van der Waals surface area (Å²) in [5.74, 6) is 0. The average Bonchev–Trinajstić information content (AvgIpc) is 2.64. The highest BCUT2D eigenvalue weighted by atomic mass is 16.6. The van der Waals surface area contributed by atoms with E-state index in [4.69, 9.17) is 4.74 Å². The van der Waals surface area contributed by atoms with Crippen LogP contribution in [0.15, 0.2) is 0 Å². The van der Waals surface area contributed by atoms with Crippen LogP contribution in [-0.2, 0) is 4.74 Å². The summed E-state index contributed by atoms with van der Waals surface area (Å²) in [5, 5.41) is 32.2. The van der Waals surface area contributed by atoms with Gasteiger partial charge in [0.25, 0.3) is 0 Å². The smallest absolute Gasteiger partial charge is 0.408 e. The molecule has 0 aromatic carbocycles. The number of unbranched alkanes of at least 4 members (excludes halogenated alkanes) is 11. The van der Waals surface area contributed by atoms with E-state index in [1.54, 1.807) is 20.8 Å². The summed E-state index contributed by atoms with van der Waals surface area (Å²) in [6.07, 6.45) is 12.4. The van der Waals surface area contributed by atoms with Gasteiger partial charge in [-0.3, -0.25) is 0 Å². The number of nitrogens with one attached hydrogen (secondary N) is 1. The number of aliphatic hydroxyl groups is 3. The molecule has 0 fully saturated rings. The molecule has 0 radical (unpaired) electrons. The topological polar surface area (TPSA) is 99.0 Å². The van der Waals surface area contributed by atoms with Crippen LogP contribution < -0.4 is 5.32 Å². The molecule has 0 aliphatic carbocycles. The van der Waals surface area contributed by atoms with Crippen molar-refractivity contribution in [2.75, 3.05) is 6.61 Å². The van der Waals surface area contributed by atoms with Crippen LogP contribution in [-0.4, -0.2) is 51.9 Å².